The Balaban J connectivity index is 1.82. The molecule has 2 heterocycles. The van der Waals surface area contributed by atoms with Gasteiger partial charge in [0.2, 0.25) is 0 Å². The van der Waals surface area contributed by atoms with Gasteiger partial charge < -0.3 is 14.8 Å². The summed E-state index contributed by atoms with van der Waals surface area (Å²) in [5.74, 6) is 0.983. The molecule has 0 saturated carbocycles. The molecule has 16 heavy (non-hydrogen) atoms. The molecule has 1 N–H and O–H groups in total. The maximum atomic E-state index is 5.65. The maximum absolute atomic E-state index is 5.65. The summed E-state index contributed by atoms with van der Waals surface area (Å²) < 4.78 is 10.9. The molecule has 1 aliphatic rings. The van der Waals surface area contributed by atoms with Gasteiger partial charge in [-0.25, -0.2) is 0 Å². The maximum Gasteiger partial charge on any atom is 0.134 e. The molecule has 2 atom stereocenters. The fourth-order valence-corrected chi connectivity index (χ4v) is 2.81. The number of hydrogen-bond acceptors (Lipinski definition) is 4. The zero-order valence-corrected chi connectivity index (χ0v) is 10.7. The van der Waals surface area contributed by atoms with Crippen molar-refractivity contribution in [3.05, 3.63) is 16.3 Å². The van der Waals surface area contributed by atoms with Crippen LogP contribution in [0.2, 0.25) is 0 Å². The molecule has 3 nitrogen and oxygen atoms in total. The molecular weight excluding hydrogens is 222 g/mol. The predicted molar refractivity (Wildman–Crippen MR) is 66.1 cm³/mol. The van der Waals surface area contributed by atoms with Crippen LogP contribution in [-0.4, -0.2) is 25.9 Å². The minimum absolute atomic E-state index is 0.381. The molecule has 1 saturated heterocycles. The predicted octanol–water partition coefficient (Wildman–Crippen LogP) is 2.41. The van der Waals surface area contributed by atoms with Crippen LogP contribution in [0.5, 0.6) is 5.75 Å². The second-order valence-electron chi connectivity index (χ2n) is 4.13. The zero-order chi connectivity index (χ0) is 11.4. The molecule has 1 aromatic heterocycles. The molecule has 0 aromatic carbocycles. The van der Waals surface area contributed by atoms with Crippen LogP contribution >= 0.6 is 11.3 Å². The van der Waals surface area contributed by atoms with Crippen molar-refractivity contribution >= 4 is 11.3 Å². The molecule has 2 unspecified atom stereocenters. The number of thiophene rings is 1. The molecule has 0 amide bonds. The molecule has 1 fully saturated rings. The van der Waals surface area contributed by atoms with E-state index in [0.29, 0.717) is 12.1 Å². The van der Waals surface area contributed by atoms with Gasteiger partial charge in [0.25, 0.3) is 0 Å². The van der Waals surface area contributed by atoms with Gasteiger partial charge in [-0.2, -0.15) is 0 Å². The number of methoxy groups -OCH3 is 1. The number of nitrogens with one attached hydrogen (secondary N) is 1. The quantitative estimate of drug-likeness (QED) is 0.858. The Kier molecular flexibility index (Phi) is 4.21. The first-order valence-electron chi connectivity index (χ1n) is 5.76. The van der Waals surface area contributed by atoms with Crippen molar-refractivity contribution in [3.8, 4) is 5.75 Å². The van der Waals surface area contributed by atoms with Crippen LogP contribution in [0.4, 0.5) is 0 Å². The van der Waals surface area contributed by atoms with Crippen LogP contribution in [0, 0.1) is 0 Å². The Morgan fingerprint density at radius 1 is 1.69 bits per heavy atom. The number of rotatable bonds is 5. The van der Waals surface area contributed by atoms with Crippen molar-refractivity contribution < 1.29 is 9.47 Å². The van der Waals surface area contributed by atoms with Crippen LogP contribution in [0.1, 0.15) is 24.6 Å². The number of ether oxygens (including phenoxy) is 2. The Hall–Kier alpha value is -0.580. The minimum Gasteiger partial charge on any atom is -0.496 e. The highest BCUT2D eigenvalue weighted by Crippen LogP contribution is 2.24. The molecule has 1 aromatic rings. The summed E-state index contributed by atoms with van der Waals surface area (Å²) in [4.78, 5) is 1.26. The lowest BCUT2D eigenvalue weighted by atomic mass is 10.1. The Morgan fingerprint density at radius 3 is 3.25 bits per heavy atom. The molecule has 90 valence electrons. The fourth-order valence-electron chi connectivity index (χ4n) is 2.02. The average molecular weight is 241 g/mol. The molecule has 2 rings (SSSR count). The summed E-state index contributed by atoms with van der Waals surface area (Å²) in [6, 6.07) is 2.42. The highest BCUT2D eigenvalue weighted by Gasteiger charge is 2.22. The first-order chi connectivity index (χ1) is 7.81. The van der Waals surface area contributed by atoms with E-state index in [2.05, 4.69) is 17.6 Å². The molecule has 0 radical (unpaired) electrons. The SMILES string of the molecule is COc1ccsc1CNC(C)C1CCCO1. The van der Waals surface area contributed by atoms with Crippen molar-refractivity contribution in [1.29, 1.82) is 0 Å². The van der Waals surface area contributed by atoms with Crippen LogP contribution < -0.4 is 10.1 Å². The van der Waals surface area contributed by atoms with Crippen molar-refractivity contribution in [3.63, 3.8) is 0 Å². The first kappa shape index (κ1) is 11.9. The van der Waals surface area contributed by atoms with Gasteiger partial charge in [-0.3, -0.25) is 0 Å². The van der Waals surface area contributed by atoms with Gasteiger partial charge in [0.1, 0.15) is 5.75 Å². The monoisotopic (exact) mass is 241 g/mol. The largest absolute Gasteiger partial charge is 0.496 e. The highest BCUT2D eigenvalue weighted by molar-refractivity contribution is 7.10. The summed E-state index contributed by atoms with van der Waals surface area (Å²) in [7, 11) is 1.72. The standard InChI is InChI=1S/C12H19NO2S/c1-9(10-4-3-6-15-10)13-8-12-11(14-2)5-7-16-12/h5,7,9-10,13H,3-4,6,8H2,1-2H3. The second-order valence-corrected chi connectivity index (χ2v) is 5.13. The summed E-state index contributed by atoms with van der Waals surface area (Å²) in [5, 5.41) is 5.57. The summed E-state index contributed by atoms with van der Waals surface area (Å²) in [5.41, 5.74) is 0. The van der Waals surface area contributed by atoms with Gasteiger partial charge in [-0.05, 0) is 31.2 Å². The molecule has 0 spiro atoms. The third kappa shape index (κ3) is 2.75. The van der Waals surface area contributed by atoms with Crippen LogP contribution in [0.3, 0.4) is 0 Å². The Morgan fingerprint density at radius 2 is 2.56 bits per heavy atom. The third-order valence-electron chi connectivity index (χ3n) is 3.03. The van der Waals surface area contributed by atoms with E-state index in [1.54, 1.807) is 18.4 Å². The van der Waals surface area contributed by atoms with E-state index in [-0.39, 0.29) is 0 Å². The van der Waals surface area contributed by atoms with E-state index in [0.717, 1.165) is 18.9 Å². The normalized spacial score (nSPS) is 22.2. The van der Waals surface area contributed by atoms with Crippen LogP contribution in [0.15, 0.2) is 11.4 Å². The molecule has 0 aliphatic carbocycles. The molecule has 1 aliphatic heterocycles. The van der Waals surface area contributed by atoms with Crippen LogP contribution in [-0.2, 0) is 11.3 Å². The van der Waals surface area contributed by atoms with Gasteiger partial charge in [-0.15, -0.1) is 11.3 Å². The van der Waals surface area contributed by atoms with Gasteiger partial charge in [0.15, 0.2) is 0 Å². The lowest BCUT2D eigenvalue weighted by Crippen LogP contribution is -2.36. The van der Waals surface area contributed by atoms with E-state index in [1.165, 1.54) is 17.7 Å². The Bertz CT molecular complexity index is 321. The number of hydrogen-bond donors (Lipinski definition) is 1. The van der Waals surface area contributed by atoms with E-state index < -0.39 is 0 Å². The van der Waals surface area contributed by atoms with Crippen LogP contribution in [0.25, 0.3) is 0 Å². The van der Waals surface area contributed by atoms with Gasteiger partial charge >= 0.3 is 0 Å². The first-order valence-corrected chi connectivity index (χ1v) is 6.64. The van der Waals surface area contributed by atoms with Gasteiger partial charge in [-0.1, -0.05) is 0 Å². The molecule has 4 heteroatoms. The van der Waals surface area contributed by atoms with E-state index in [4.69, 9.17) is 9.47 Å². The smallest absolute Gasteiger partial charge is 0.134 e. The van der Waals surface area contributed by atoms with Crippen molar-refractivity contribution in [2.45, 2.75) is 38.5 Å². The van der Waals surface area contributed by atoms with Gasteiger partial charge in [0, 0.05) is 19.2 Å². The Labute approximate surface area is 101 Å². The minimum atomic E-state index is 0.381. The zero-order valence-electron chi connectivity index (χ0n) is 9.86. The molecule has 0 bridgehead atoms. The highest BCUT2D eigenvalue weighted by atomic mass is 32.1. The molecular formula is C12H19NO2S. The van der Waals surface area contributed by atoms with Crippen molar-refractivity contribution in [1.82, 2.24) is 5.32 Å². The fraction of sp³-hybridized carbons (Fsp3) is 0.667. The van der Waals surface area contributed by atoms with Gasteiger partial charge in [0.05, 0.1) is 18.1 Å². The second kappa shape index (κ2) is 5.66. The van der Waals surface area contributed by atoms with E-state index >= 15 is 0 Å². The lowest BCUT2D eigenvalue weighted by molar-refractivity contribution is 0.0832. The summed E-state index contributed by atoms with van der Waals surface area (Å²) in [6.07, 6.45) is 2.75. The third-order valence-corrected chi connectivity index (χ3v) is 3.93. The van der Waals surface area contributed by atoms with Crippen molar-refractivity contribution in [2.75, 3.05) is 13.7 Å². The van der Waals surface area contributed by atoms with E-state index in [1.807, 2.05) is 6.07 Å². The lowest BCUT2D eigenvalue weighted by Gasteiger charge is -2.19. The summed E-state index contributed by atoms with van der Waals surface area (Å²) >= 11 is 1.73. The summed E-state index contributed by atoms with van der Waals surface area (Å²) in [6.45, 7) is 3.97. The average Bonchev–Trinajstić information content (AvgIpc) is 2.96. The van der Waals surface area contributed by atoms with E-state index in [9.17, 15) is 0 Å². The topological polar surface area (TPSA) is 30.5 Å². The van der Waals surface area contributed by atoms with Crippen molar-refractivity contribution in [2.24, 2.45) is 0 Å².